The van der Waals surface area contributed by atoms with Crippen LogP contribution in [0.4, 0.5) is 0 Å². The maximum absolute atomic E-state index is 12.2. The number of H-pyrrole nitrogens is 1. The Morgan fingerprint density at radius 1 is 1.33 bits per heavy atom. The molecule has 0 aliphatic heterocycles. The SMILES string of the molecule is NC(=O)[C@H]1CCc2nc(-c3ccc(Cl)cc3)[nH]c(=O)c2C1. The first-order chi connectivity index (χ1) is 10.0. The van der Waals surface area contributed by atoms with Crippen LogP contribution in [0.25, 0.3) is 11.4 Å². The van der Waals surface area contributed by atoms with Gasteiger partial charge in [0.05, 0.1) is 5.69 Å². The normalized spacial score (nSPS) is 17.3. The van der Waals surface area contributed by atoms with Crippen LogP contribution in [0.5, 0.6) is 0 Å². The number of fused-ring (bicyclic) bond motifs is 1. The van der Waals surface area contributed by atoms with Crippen LogP contribution in [0.15, 0.2) is 29.1 Å². The molecule has 1 aliphatic carbocycles. The number of nitrogens with two attached hydrogens (primary N) is 1. The minimum atomic E-state index is -0.359. The molecule has 1 amide bonds. The van der Waals surface area contributed by atoms with Crippen molar-refractivity contribution in [1.82, 2.24) is 9.97 Å². The number of rotatable bonds is 2. The van der Waals surface area contributed by atoms with E-state index in [2.05, 4.69) is 9.97 Å². The van der Waals surface area contributed by atoms with Crippen molar-refractivity contribution in [3.05, 3.63) is 50.9 Å². The van der Waals surface area contributed by atoms with Gasteiger partial charge in [0, 0.05) is 22.1 Å². The zero-order chi connectivity index (χ0) is 15.0. The number of carbonyl (C=O) groups excluding carboxylic acids is 1. The molecule has 1 aromatic heterocycles. The van der Waals surface area contributed by atoms with Gasteiger partial charge in [-0.1, -0.05) is 11.6 Å². The monoisotopic (exact) mass is 303 g/mol. The molecule has 1 aliphatic rings. The van der Waals surface area contributed by atoms with Gasteiger partial charge in [-0.2, -0.15) is 0 Å². The number of aromatic nitrogens is 2. The Labute approximate surface area is 126 Å². The van der Waals surface area contributed by atoms with Crippen LogP contribution in [0.2, 0.25) is 5.02 Å². The van der Waals surface area contributed by atoms with Crippen LogP contribution in [0.3, 0.4) is 0 Å². The zero-order valence-electron chi connectivity index (χ0n) is 11.2. The Morgan fingerprint density at radius 3 is 2.71 bits per heavy atom. The van der Waals surface area contributed by atoms with Gasteiger partial charge in [-0.3, -0.25) is 9.59 Å². The van der Waals surface area contributed by atoms with Gasteiger partial charge in [0.15, 0.2) is 0 Å². The predicted molar refractivity (Wildman–Crippen MR) is 80.0 cm³/mol. The van der Waals surface area contributed by atoms with E-state index in [1.807, 2.05) is 12.1 Å². The Balaban J connectivity index is 2.01. The van der Waals surface area contributed by atoms with E-state index in [9.17, 15) is 9.59 Å². The molecular formula is C15H14ClN3O2. The molecule has 5 nitrogen and oxygen atoms in total. The first-order valence-corrected chi connectivity index (χ1v) is 7.09. The van der Waals surface area contributed by atoms with Crippen molar-refractivity contribution in [3.8, 4) is 11.4 Å². The fourth-order valence-electron chi connectivity index (χ4n) is 2.61. The van der Waals surface area contributed by atoms with Gasteiger partial charge in [0.2, 0.25) is 5.91 Å². The van der Waals surface area contributed by atoms with Gasteiger partial charge in [0.25, 0.3) is 5.56 Å². The number of hydrogen-bond acceptors (Lipinski definition) is 3. The molecule has 6 heteroatoms. The highest BCUT2D eigenvalue weighted by molar-refractivity contribution is 6.30. The summed E-state index contributed by atoms with van der Waals surface area (Å²) in [6.45, 7) is 0. The number of hydrogen-bond donors (Lipinski definition) is 2. The largest absolute Gasteiger partial charge is 0.369 e. The van der Waals surface area contributed by atoms with E-state index >= 15 is 0 Å². The second kappa shape index (κ2) is 5.33. The first kappa shape index (κ1) is 13.8. The van der Waals surface area contributed by atoms with Gasteiger partial charge in [-0.25, -0.2) is 4.98 Å². The Morgan fingerprint density at radius 2 is 2.05 bits per heavy atom. The van der Waals surface area contributed by atoms with Gasteiger partial charge < -0.3 is 10.7 Å². The highest BCUT2D eigenvalue weighted by Crippen LogP contribution is 2.24. The molecule has 0 saturated carbocycles. The number of nitrogens with one attached hydrogen (secondary N) is 1. The number of amides is 1. The van der Waals surface area contributed by atoms with Gasteiger partial charge in [0.1, 0.15) is 5.82 Å². The third-order valence-electron chi connectivity index (χ3n) is 3.80. The number of aromatic amines is 1. The lowest BCUT2D eigenvalue weighted by Crippen LogP contribution is -2.33. The Hall–Kier alpha value is -2.14. The third kappa shape index (κ3) is 2.69. The van der Waals surface area contributed by atoms with Crippen molar-refractivity contribution >= 4 is 17.5 Å². The summed E-state index contributed by atoms with van der Waals surface area (Å²) >= 11 is 5.86. The summed E-state index contributed by atoms with van der Waals surface area (Å²) in [5.41, 5.74) is 7.25. The molecule has 0 spiro atoms. The number of aryl methyl sites for hydroxylation is 1. The summed E-state index contributed by atoms with van der Waals surface area (Å²) in [5.74, 6) is -0.114. The molecule has 1 aromatic carbocycles. The second-order valence-electron chi connectivity index (χ2n) is 5.19. The molecule has 3 rings (SSSR count). The zero-order valence-corrected chi connectivity index (χ0v) is 12.0. The fraction of sp³-hybridized carbons (Fsp3) is 0.267. The Kier molecular flexibility index (Phi) is 3.51. The second-order valence-corrected chi connectivity index (χ2v) is 5.63. The van der Waals surface area contributed by atoms with Crippen LogP contribution < -0.4 is 11.3 Å². The fourth-order valence-corrected chi connectivity index (χ4v) is 2.73. The van der Waals surface area contributed by atoms with Crippen LogP contribution in [-0.4, -0.2) is 15.9 Å². The molecule has 0 unspecified atom stereocenters. The van der Waals surface area contributed by atoms with Crippen LogP contribution in [0, 0.1) is 5.92 Å². The molecule has 0 bridgehead atoms. The number of carbonyl (C=O) groups is 1. The molecule has 0 radical (unpaired) electrons. The number of benzene rings is 1. The van der Waals surface area contributed by atoms with E-state index in [0.717, 1.165) is 11.3 Å². The summed E-state index contributed by atoms with van der Waals surface area (Å²) < 4.78 is 0. The Bertz CT molecular complexity index is 753. The smallest absolute Gasteiger partial charge is 0.254 e. The summed E-state index contributed by atoms with van der Waals surface area (Å²) in [7, 11) is 0. The highest BCUT2D eigenvalue weighted by atomic mass is 35.5. The van der Waals surface area contributed by atoms with Crippen molar-refractivity contribution < 1.29 is 4.79 Å². The first-order valence-electron chi connectivity index (χ1n) is 6.72. The van der Waals surface area contributed by atoms with Crippen molar-refractivity contribution in [2.24, 2.45) is 11.7 Å². The minimum Gasteiger partial charge on any atom is -0.369 e. The molecule has 1 atom stereocenters. The number of nitrogens with zero attached hydrogens (tertiary/aromatic N) is 1. The lowest BCUT2D eigenvalue weighted by atomic mass is 9.86. The topological polar surface area (TPSA) is 88.8 Å². The van der Waals surface area contributed by atoms with E-state index in [0.29, 0.717) is 35.7 Å². The molecule has 3 N–H and O–H groups in total. The van der Waals surface area contributed by atoms with Crippen LogP contribution in [-0.2, 0) is 17.6 Å². The van der Waals surface area contributed by atoms with Gasteiger partial charge in [-0.15, -0.1) is 0 Å². The molecule has 108 valence electrons. The number of primary amides is 1. The minimum absolute atomic E-state index is 0.198. The number of halogens is 1. The van der Waals surface area contributed by atoms with Crippen molar-refractivity contribution in [1.29, 1.82) is 0 Å². The highest BCUT2D eigenvalue weighted by Gasteiger charge is 2.26. The summed E-state index contributed by atoms with van der Waals surface area (Å²) in [5, 5.41) is 0.628. The van der Waals surface area contributed by atoms with E-state index in [4.69, 9.17) is 17.3 Å². The molecule has 2 aromatic rings. The summed E-state index contributed by atoms with van der Waals surface area (Å²) in [4.78, 5) is 30.8. The summed E-state index contributed by atoms with van der Waals surface area (Å²) in [6.07, 6.45) is 1.60. The lowest BCUT2D eigenvalue weighted by Gasteiger charge is -2.21. The molecule has 1 heterocycles. The van der Waals surface area contributed by atoms with Crippen molar-refractivity contribution in [3.63, 3.8) is 0 Å². The molecule has 0 fully saturated rings. The predicted octanol–water partition coefficient (Wildman–Crippen LogP) is 1.68. The maximum atomic E-state index is 12.2. The standard InChI is InChI=1S/C15H14ClN3O2/c16-10-4-1-8(2-5-10)14-18-12-6-3-9(13(17)20)7-11(12)15(21)19-14/h1-2,4-5,9H,3,6-7H2,(H2,17,20)(H,18,19,21)/t9-/m0/s1. The summed E-state index contributed by atoms with van der Waals surface area (Å²) in [6, 6.07) is 7.11. The maximum Gasteiger partial charge on any atom is 0.254 e. The van der Waals surface area contributed by atoms with E-state index in [-0.39, 0.29) is 17.4 Å². The average molecular weight is 304 g/mol. The van der Waals surface area contributed by atoms with E-state index in [1.54, 1.807) is 12.1 Å². The third-order valence-corrected chi connectivity index (χ3v) is 4.05. The van der Waals surface area contributed by atoms with E-state index in [1.165, 1.54) is 0 Å². The van der Waals surface area contributed by atoms with Crippen LogP contribution >= 0.6 is 11.6 Å². The van der Waals surface area contributed by atoms with Crippen molar-refractivity contribution in [2.45, 2.75) is 19.3 Å². The van der Waals surface area contributed by atoms with Gasteiger partial charge >= 0.3 is 0 Å². The lowest BCUT2D eigenvalue weighted by molar-refractivity contribution is -0.122. The van der Waals surface area contributed by atoms with Crippen molar-refractivity contribution in [2.75, 3.05) is 0 Å². The van der Waals surface area contributed by atoms with Gasteiger partial charge in [-0.05, 0) is 43.5 Å². The van der Waals surface area contributed by atoms with Crippen LogP contribution in [0.1, 0.15) is 17.7 Å². The van der Waals surface area contributed by atoms with E-state index < -0.39 is 0 Å². The molecular weight excluding hydrogens is 290 g/mol. The average Bonchev–Trinajstić information content (AvgIpc) is 2.47. The molecule has 0 saturated heterocycles. The quantitative estimate of drug-likeness (QED) is 0.884. The molecule has 21 heavy (non-hydrogen) atoms.